The second kappa shape index (κ2) is 5.93. The Morgan fingerprint density at radius 2 is 2.05 bits per heavy atom. The van der Waals surface area contributed by atoms with Crippen molar-refractivity contribution in [2.45, 2.75) is 31.8 Å². The van der Waals surface area contributed by atoms with Crippen LogP contribution < -0.4 is 15.2 Å². The van der Waals surface area contributed by atoms with Crippen molar-refractivity contribution < 1.29 is 14.3 Å². The van der Waals surface area contributed by atoms with Gasteiger partial charge < -0.3 is 20.1 Å². The predicted octanol–water partition coefficient (Wildman–Crippen LogP) is 1.54. The number of amides is 1. The minimum absolute atomic E-state index is 0.0141. The fraction of sp³-hybridized carbons (Fsp3) is 0.562. The highest BCUT2D eigenvalue weighted by atomic mass is 16.6. The lowest BCUT2D eigenvalue weighted by Gasteiger charge is -2.24. The summed E-state index contributed by atoms with van der Waals surface area (Å²) < 4.78 is 11.1. The van der Waals surface area contributed by atoms with E-state index >= 15 is 0 Å². The lowest BCUT2D eigenvalue weighted by molar-refractivity contribution is -0.134. The summed E-state index contributed by atoms with van der Waals surface area (Å²) in [7, 11) is 1.84. The molecular weight excluding hydrogens is 268 g/mol. The molecule has 0 saturated heterocycles. The Labute approximate surface area is 125 Å². The van der Waals surface area contributed by atoms with Crippen molar-refractivity contribution in [1.82, 2.24) is 4.90 Å². The summed E-state index contributed by atoms with van der Waals surface area (Å²) in [6.07, 6.45) is 2.91. The average molecular weight is 290 g/mol. The molecule has 0 aromatic heterocycles. The molecule has 5 heteroatoms. The number of hydrogen-bond acceptors (Lipinski definition) is 4. The van der Waals surface area contributed by atoms with E-state index in [2.05, 4.69) is 0 Å². The van der Waals surface area contributed by atoms with E-state index in [1.165, 1.54) is 0 Å². The van der Waals surface area contributed by atoms with Crippen molar-refractivity contribution in [3.8, 4) is 11.5 Å². The Hall–Kier alpha value is -1.75. The Balaban J connectivity index is 1.67. The zero-order valence-electron chi connectivity index (χ0n) is 12.4. The molecular formula is C16H22N2O3. The first-order valence-corrected chi connectivity index (χ1v) is 7.54. The van der Waals surface area contributed by atoms with E-state index in [9.17, 15) is 4.79 Å². The molecule has 0 bridgehead atoms. The first-order chi connectivity index (χ1) is 10.1. The monoisotopic (exact) mass is 290 g/mol. The van der Waals surface area contributed by atoms with E-state index in [1.54, 1.807) is 4.90 Å². The van der Waals surface area contributed by atoms with Crippen molar-refractivity contribution in [3.63, 3.8) is 0 Å². The smallest absolute Gasteiger partial charge is 0.227 e. The Bertz CT molecular complexity index is 532. The van der Waals surface area contributed by atoms with Crippen molar-refractivity contribution in [2.75, 3.05) is 20.3 Å². The van der Waals surface area contributed by atoms with Crippen LogP contribution in [0.4, 0.5) is 0 Å². The molecule has 1 fully saturated rings. The van der Waals surface area contributed by atoms with Gasteiger partial charge in [-0.3, -0.25) is 4.79 Å². The van der Waals surface area contributed by atoms with Crippen LogP contribution in [0.5, 0.6) is 11.5 Å². The molecule has 1 amide bonds. The number of carbonyl (C=O) groups is 1. The van der Waals surface area contributed by atoms with Gasteiger partial charge in [-0.25, -0.2) is 0 Å². The Morgan fingerprint density at radius 1 is 1.29 bits per heavy atom. The van der Waals surface area contributed by atoms with E-state index in [0.29, 0.717) is 19.8 Å². The third-order valence-corrected chi connectivity index (χ3v) is 4.29. The van der Waals surface area contributed by atoms with Crippen molar-refractivity contribution in [1.29, 1.82) is 0 Å². The van der Waals surface area contributed by atoms with Gasteiger partial charge in [-0.2, -0.15) is 0 Å². The zero-order chi connectivity index (χ0) is 14.8. The highest BCUT2D eigenvalue weighted by molar-refractivity contribution is 5.79. The minimum atomic E-state index is -0.0211. The summed E-state index contributed by atoms with van der Waals surface area (Å²) >= 11 is 0. The molecule has 3 rings (SSSR count). The molecule has 1 aromatic rings. The van der Waals surface area contributed by atoms with Crippen LogP contribution in [0.15, 0.2) is 18.2 Å². The fourth-order valence-electron chi connectivity index (χ4n) is 3.12. The molecule has 1 aromatic carbocycles. The minimum Gasteiger partial charge on any atom is -0.486 e. The number of ether oxygens (including phenoxy) is 2. The molecule has 1 saturated carbocycles. The van der Waals surface area contributed by atoms with Crippen molar-refractivity contribution in [3.05, 3.63) is 23.8 Å². The number of fused-ring (bicyclic) bond motifs is 1. The summed E-state index contributed by atoms with van der Waals surface area (Å²) in [5.41, 5.74) is 7.06. The maximum Gasteiger partial charge on any atom is 0.227 e. The van der Waals surface area contributed by atoms with Crippen LogP contribution >= 0.6 is 0 Å². The average Bonchev–Trinajstić information content (AvgIpc) is 2.92. The first kappa shape index (κ1) is 14.2. The summed E-state index contributed by atoms with van der Waals surface area (Å²) in [6.45, 7) is 1.73. The van der Waals surface area contributed by atoms with Crippen LogP contribution in [0, 0.1) is 5.92 Å². The quantitative estimate of drug-likeness (QED) is 0.917. The summed E-state index contributed by atoms with van der Waals surface area (Å²) in [4.78, 5) is 14.2. The summed E-state index contributed by atoms with van der Waals surface area (Å²) in [6, 6.07) is 5.85. The van der Waals surface area contributed by atoms with Crippen molar-refractivity contribution >= 4 is 5.91 Å². The third kappa shape index (κ3) is 2.97. The van der Waals surface area contributed by atoms with Crippen LogP contribution in [0.25, 0.3) is 0 Å². The molecule has 5 nitrogen and oxygen atoms in total. The lowest BCUT2D eigenvalue weighted by atomic mass is 10.0. The molecule has 2 atom stereocenters. The van der Waals surface area contributed by atoms with E-state index in [-0.39, 0.29) is 17.9 Å². The van der Waals surface area contributed by atoms with Crippen LogP contribution in [0.1, 0.15) is 24.8 Å². The molecule has 1 aliphatic carbocycles. The first-order valence-electron chi connectivity index (χ1n) is 7.54. The normalized spacial score (nSPS) is 23.9. The Morgan fingerprint density at radius 3 is 2.76 bits per heavy atom. The van der Waals surface area contributed by atoms with E-state index in [4.69, 9.17) is 15.2 Å². The number of nitrogens with zero attached hydrogens (tertiary/aromatic N) is 1. The van der Waals surface area contributed by atoms with Gasteiger partial charge in [0.25, 0.3) is 0 Å². The molecule has 0 spiro atoms. The number of hydrogen-bond donors (Lipinski definition) is 1. The van der Waals surface area contributed by atoms with Gasteiger partial charge in [0.2, 0.25) is 5.91 Å². The topological polar surface area (TPSA) is 64.8 Å². The van der Waals surface area contributed by atoms with Gasteiger partial charge >= 0.3 is 0 Å². The molecule has 2 N–H and O–H groups in total. The lowest BCUT2D eigenvalue weighted by Crippen LogP contribution is -2.39. The van der Waals surface area contributed by atoms with Crippen LogP contribution in [-0.4, -0.2) is 37.1 Å². The molecule has 2 unspecified atom stereocenters. The second-order valence-electron chi connectivity index (χ2n) is 5.87. The van der Waals surface area contributed by atoms with Crippen LogP contribution in [0.2, 0.25) is 0 Å². The van der Waals surface area contributed by atoms with E-state index in [1.807, 2.05) is 25.2 Å². The van der Waals surface area contributed by atoms with Gasteiger partial charge in [-0.1, -0.05) is 12.5 Å². The molecule has 1 heterocycles. The molecule has 21 heavy (non-hydrogen) atoms. The fourth-order valence-corrected chi connectivity index (χ4v) is 3.12. The van der Waals surface area contributed by atoms with Crippen LogP contribution in [0.3, 0.4) is 0 Å². The van der Waals surface area contributed by atoms with Crippen molar-refractivity contribution in [2.24, 2.45) is 11.7 Å². The van der Waals surface area contributed by atoms with Crippen LogP contribution in [-0.2, 0) is 11.3 Å². The number of rotatable bonds is 3. The summed E-state index contributed by atoms with van der Waals surface area (Å²) in [5.74, 6) is 1.66. The standard InChI is InChI=1S/C16H22N2O3/c1-18(16(19)12-3-2-4-13(12)17)10-11-5-6-14-15(9-11)21-8-7-20-14/h5-6,9,12-13H,2-4,7-8,10,17H2,1H3. The highest BCUT2D eigenvalue weighted by Crippen LogP contribution is 2.31. The number of carbonyl (C=O) groups excluding carboxylic acids is 1. The summed E-state index contributed by atoms with van der Waals surface area (Å²) in [5, 5.41) is 0. The molecule has 114 valence electrons. The molecule has 2 aliphatic rings. The molecule has 0 radical (unpaired) electrons. The Kier molecular flexibility index (Phi) is 4.01. The zero-order valence-corrected chi connectivity index (χ0v) is 12.4. The highest BCUT2D eigenvalue weighted by Gasteiger charge is 2.32. The predicted molar refractivity (Wildman–Crippen MR) is 79.2 cm³/mol. The number of nitrogens with two attached hydrogens (primary N) is 1. The van der Waals surface area contributed by atoms with Gasteiger partial charge in [0, 0.05) is 19.6 Å². The van der Waals surface area contributed by atoms with Gasteiger partial charge in [0.1, 0.15) is 13.2 Å². The number of benzene rings is 1. The van der Waals surface area contributed by atoms with Gasteiger partial charge in [-0.05, 0) is 30.5 Å². The van der Waals surface area contributed by atoms with Gasteiger partial charge in [0.15, 0.2) is 11.5 Å². The van der Waals surface area contributed by atoms with E-state index < -0.39 is 0 Å². The van der Waals surface area contributed by atoms with Gasteiger partial charge in [0.05, 0.1) is 5.92 Å². The SMILES string of the molecule is CN(Cc1ccc2c(c1)OCCO2)C(=O)C1CCCC1N. The maximum absolute atomic E-state index is 12.4. The maximum atomic E-state index is 12.4. The molecule has 1 aliphatic heterocycles. The largest absolute Gasteiger partial charge is 0.486 e. The van der Waals surface area contributed by atoms with Gasteiger partial charge in [-0.15, -0.1) is 0 Å². The second-order valence-corrected chi connectivity index (χ2v) is 5.87. The van der Waals surface area contributed by atoms with E-state index in [0.717, 1.165) is 36.3 Å². The third-order valence-electron chi connectivity index (χ3n) is 4.29.